The smallest absolute Gasteiger partial charge is 0.220 e. The highest BCUT2D eigenvalue weighted by atomic mass is 16.3. The van der Waals surface area contributed by atoms with Crippen molar-refractivity contribution in [1.29, 1.82) is 0 Å². The molecule has 3 aliphatic carbocycles. The first-order valence-electron chi connectivity index (χ1n) is 11.4. The van der Waals surface area contributed by atoms with Gasteiger partial charge in [0.05, 0.1) is 6.10 Å². The molecule has 2 N–H and O–H groups in total. The molecule has 1 aliphatic heterocycles. The van der Waals surface area contributed by atoms with Crippen molar-refractivity contribution in [2.75, 3.05) is 0 Å². The summed E-state index contributed by atoms with van der Waals surface area (Å²) in [5.74, 6) is 2.58. The number of nitrogens with one attached hydrogen (secondary N) is 1. The van der Waals surface area contributed by atoms with Crippen LogP contribution in [0.3, 0.4) is 0 Å². The molecule has 1 saturated heterocycles. The summed E-state index contributed by atoms with van der Waals surface area (Å²) in [5.41, 5.74) is 3.02. The minimum Gasteiger partial charge on any atom is -0.393 e. The summed E-state index contributed by atoms with van der Waals surface area (Å²) in [6, 6.07) is 9.41. The molecule has 5 rings (SSSR count). The van der Waals surface area contributed by atoms with E-state index in [-0.39, 0.29) is 28.9 Å². The van der Waals surface area contributed by atoms with Crippen molar-refractivity contribution in [2.24, 2.45) is 28.6 Å². The maximum Gasteiger partial charge on any atom is 0.220 e. The van der Waals surface area contributed by atoms with E-state index in [9.17, 15) is 9.90 Å². The van der Waals surface area contributed by atoms with Gasteiger partial charge >= 0.3 is 0 Å². The number of fused-ring (bicyclic) bond motifs is 5. The Morgan fingerprint density at radius 1 is 1.00 bits per heavy atom. The molecule has 3 heteroatoms. The SMILES string of the molecule is Cc1ccc(C2CC3NC(=O)CC[C@]3(C)[C@@H]3CC[C@]4(C)C(O)CC[C@H]4[C@H]23)cc1. The lowest BCUT2D eigenvalue weighted by Gasteiger charge is -2.62. The molecule has 0 bridgehead atoms. The van der Waals surface area contributed by atoms with Crippen LogP contribution in [0, 0.1) is 35.5 Å². The Labute approximate surface area is 169 Å². The molecule has 152 valence electrons. The van der Waals surface area contributed by atoms with Gasteiger partial charge in [-0.2, -0.15) is 0 Å². The van der Waals surface area contributed by atoms with Crippen LogP contribution >= 0.6 is 0 Å². The van der Waals surface area contributed by atoms with Crippen LogP contribution in [-0.2, 0) is 4.79 Å². The van der Waals surface area contributed by atoms with Crippen LogP contribution in [0.1, 0.15) is 75.8 Å². The van der Waals surface area contributed by atoms with Crippen molar-refractivity contribution in [3.05, 3.63) is 35.4 Å². The molecule has 0 aromatic heterocycles. The Balaban J connectivity index is 1.59. The van der Waals surface area contributed by atoms with Crippen LogP contribution < -0.4 is 5.32 Å². The molecule has 0 spiro atoms. The third kappa shape index (κ3) is 2.54. The average Bonchev–Trinajstić information content (AvgIpc) is 2.98. The molecule has 4 aliphatic rings. The van der Waals surface area contributed by atoms with Gasteiger partial charge in [0.15, 0.2) is 0 Å². The molecule has 3 unspecified atom stereocenters. The van der Waals surface area contributed by atoms with E-state index in [1.807, 2.05) is 0 Å². The molecule has 1 aromatic carbocycles. The van der Waals surface area contributed by atoms with Crippen molar-refractivity contribution in [1.82, 2.24) is 5.32 Å². The number of benzene rings is 1. The fourth-order valence-electron chi connectivity index (χ4n) is 7.84. The summed E-state index contributed by atoms with van der Waals surface area (Å²) in [5, 5.41) is 14.2. The van der Waals surface area contributed by atoms with Gasteiger partial charge in [-0.1, -0.05) is 43.7 Å². The molecule has 1 amide bonds. The van der Waals surface area contributed by atoms with Gasteiger partial charge in [0.25, 0.3) is 0 Å². The summed E-state index contributed by atoms with van der Waals surface area (Å²) in [7, 11) is 0. The number of aliphatic hydroxyl groups excluding tert-OH is 1. The average molecular weight is 382 g/mol. The lowest BCUT2D eigenvalue weighted by molar-refractivity contribution is -0.141. The second kappa shape index (κ2) is 6.32. The first kappa shape index (κ1) is 18.7. The number of aryl methyl sites for hydroxylation is 1. The van der Waals surface area contributed by atoms with E-state index < -0.39 is 0 Å². The molecule has 8 atom stereocenters. The van der Waals surface area contributed by atoms with E-state index in [2.05, 4.69) is 50.4 Å². The third-order valence-corrected chi connectivity index (χ3v) is 9.61. The van der Waals surface area contributed by atoms with Gasteiger partial charge in [-0.15, -0.1) is 0 Å². The van der Waals surface area contributed by atoms with Gasteiger partial charge in [0.1, 0.15) is 0 Å². The van der Waals surface area contributed by atoms with Crippen molar-refractivity contribution >= 4 is 5.91 Å². The van der Waals surface area contributed by atoms with Gasteiger partial charge in [-0.25, -0.2) is 0 Å². The highest BCUT2D eigenvalue weighted by molar-refractivity contribution is 5.77. The number of amides is 1. The highest BCUT2D eigenvalue weighted by Gasteiger charge is 2.62. The van der Waals surface area contributed by atoms with Crippen LogP contribution in [0.2, 0.25) is 0 Å². The molecule has 3 nitrogen and oxygen atoms in total. The first-order chi connectivity index (χ1) is 13.3. The zero-order valence-electron chi connectivity index (χ0n) is 17.6. The normalized spacial score (nSPS) is 47.6. The van der Waals surface area contributed by atoms with Crippen molar-refractivity contribution in [3.63, 3.8) is 0 Å². The van der Waals surface area contributed by atoms with Crippen LogP contribution in [-0.4, -0.2) is 23.2 Å². The minimum atomic E-state index is -0.145. The zero-order valence-corrected chi connectivity index (χ0v) is 17.6. The topological polar surface area (TPSA) is 49.3 Å². The van der Waals surface area contributed by atoms with Crippen molar-refractivity contribution in [3.8, 4) is 0 Å². The molecule has 3 saturated carbocycles. The van der Waals surface area contributed by atoms with Gasteiger partial charge in [0.2, 0.25) is 5.91 Å². The standard InChI is InChI=1S/C25H35NO2/c1-15-4-6-16(7-5-15)17-14-20-24(2,13-11-22(28)26-20)19-10-12-25(3)18(23(17)19)8-9-21(25)27/h4-7,17-21,23,27H,8-14H2,1-3H3,(H,26,28)/t17?,18-,19+,20?,21?,23-,24+,25-/m0/s1. The van der Waals surface area contributed by atoms with E-state index in [1.54, 1.807) is 0 Å². The van der Waals surface area contributed by atoms with Gasteiger partial charge in [-0.05, 0) is 85.5 Å². The maximum atomic E-state index is 12.2. The predicted molar refractivity (Wildman–Crippen MR) is 111 cm³/mol. The molecule has 28 heavy (non-hydrogen) atoms. The van der Waals surface area contributed by atoms with Crippen LogP contribution in [0.25, 0.3) is 0 Å². The number of carbonyl (C=O) groups excluding carboxylic acids is 1. The monoisotopic (exact) mass is 381 g/mol. The fraction of sp³-hybridized carbons (Fsp3) is 0.720. The summed E-state index contributed by atoms with van der Waals surface area (Å²) in [4.78, 5) is 12.2. The summed E-state index contributed by atoms with van der Waals surface area (Å²) < 4.78 is 0. The molecule has 1 aromatic rings. The number of carbonyl (C=O) groups is 1. The van der Waals surface area contributed by atoms with Crippen molar-refractivity contribution in [2.45, 2.75) is 83.8 Å². The molecule has 0 radical (unpaired) electrons. The summed E-state index contributed by atoms with van der Waals surface area (Å²) >= 11 is 0. The minimum absolute atomic E-state index is 0.0746. The fourth-order valence-corrected chi connectivity index (χ4v) is 7.84. The second-order valence-corrected chi connectivity index (χ2v) is 10.8. The molecule has 4 fully saturated rings. The lowest BCUT2D eigenvalue weighted by atomic mass is 9.44. The Bertz CT molecular complexity index is 773. The Hall–Kier alpha value is -1.35. The summed E-state index contributed by atoms with van der Waals surface area (Å²) in [6.45, 7) is 6.96. The Kier molecular flexibility index (Phi) is 4.21. The predicted octanol–water partition coefficient (Wildman–Crippen LogP) is 4.57. The number of piperidine rings is 1. The maximum absolute atomic E-state index is 12.2. The van der Waals surface area contributed by atoms with E-state index in [1.165, 1.54) is 17.5 Å². The van der Waals surface area contributed by atoms with Gasteiger partial charge in [0, 0.05) is 12.5 Å². The van der Waals surface area contributed by atoms with E-state index in [0.717, 1.165) is 32.1 Å². The van der Waals surface area contributed by atoms with Crippen LogP contribution in [0.5, 0.6) is 0 Å². The van der Waals surface area contributed by atoms with Crippen LogP contribution in [0.15, 0.2) is 24.3 Å². The number of hydrogen-bond acceptors (Lipinski definition) is 2. The highest BCUT2D eigenvalue weighted by Crippen LogP contribution is 2.66. The third-order valence-electron chi connectivity index (χ3n) is 9.61. The van der Waals surface area contributed by atoms with E-state index >= 15 is 0 Å². The quantitative estimate of drug-likeness (QED) is 0.749. The number of aliphatic hydroxyl groups is 1. The van der Waals surface area contributed by atoms with E-state index in [0.29, 0.717) is 30.1 Å². The molecular weight excluding hydrogens is 346 g/mol. The zero-order chi connectivity index (χ0) is 19.7. The second-order valence-electron chi connectivity index (χ2n) is 10.8. The summed E-state index contributed by atoms with van der Waals surface area (Å²) in [6.07, 6.45) is 7.06. The lowest BCUT2D eigenvalue weighted by Crippen LogP contribution is -2.63. The van der Waals surface area contributed by atoms with Crippen LogP contribution in [0.4, 0.5) is 0 Å². The number of rotatable bonds is 1. The van der Waals surface area contributed by atoms with E-state index in [4.69, 9.17) is 0 Å². The Morgan fingerprint density at radius 2 is 1.71 bits per heavy atom. The first-order valence-corrected chi connectivity index (χ1v) is 11.4. The van der Waals surface area contributed by atoms with Gasteiger partial charge in [-0.3, -0.25) is 4.79 Å². The largest absolute Gasteiger partial charge is 0.393 e. The van der Waals surface area contributed by atoms with Crippen molar-refractivity contribution < 1.29 is 9.90 Å². The van der Waals surface area contributed by atoms with Gasteiger partial charge < -0.3 is 10.4 Å². The molecular formula is C25H35NO2. The Morgan fingerprint density at radius 3 is 2.46 bits per heavy atom. The number of hydrogen-bond donors (Lipinski definition) is 2. The molecule has 1 heterocycles.